The van der Waals surface area contributed by atoms with Crippen LogP contribution in [0.5, 0.6) is 0 Å². The molecule has 0 aliphatic heterocycles. The number of carbonyl (C=O) groups excluding carboxylic acids is 1. The molecule has 0 spiro atoms. The van der Waals surface area contributed by atoms with Crippen LogP contribution in [0.1, 0.15) is 47.0 Å². The van der Waals surface area contributed by atoms with Crippen molar-refractivity contribution in [2.24, 2.45) is 5.92 Å². The van der Waals surface area contributed by atoms with Gasteiger partial charge in [0.15, 0.2) is 0 Å². The molecule has 0 aromatic heterocycles. The van der Waals surface area contributed by atoms with Gasteiger partial charge < -0.3 is 4.74 Å². The van der Waals surface area contributed by atoms with Crippen LogP contribution in [-0.2, 0) is 9.53 Å². The molecule has 1 aliphatic rings. The van der Waals surface area contributed by atoms with Crippen LogP contribution in [0.4, 0.5) is 0 Å². The number of ether oxygens (including phenoxy) is 1. The molecule has 0 radical (unpaired) electrons. The van der Waals surface area contributed by atoms with E-state index < -0.39 is 0 Å². The zero-order valence-electron chi connectivity index (χ0n) is 11.2. The second kappa shape index (κ2) is 13.9. The van der Waals surface area contributed by atoms with Crippen LogP contribution < -0.4 is 0 Å². The van der Waals surface area contributed by atoms with E-state index in [4.69, 9.17) is 4.74 Å². The van der Waals surface area contributed by atoms with Crippen molar-refractivity contribution in [3.8, 4) is 0 Å². The van der Waals surface area contributed by atoms with Crippen molar-refractivity contribution in [2.45, 2.75) is 47.0 Å². The Kier molecular flexibility index (Phi) is 15.1. The van der Waals surface area contributed by atoms with E-state index in [1.165, 1.54) is 19.8 Å². The van der Waals surface area contributed by atoms with Gasteiger partial charge in [-0.25, -0.2) is 0 Å². The smallest absolute Gasteiger partial charge is 0.302 e. The first-order valence-corrected chi connectivity index (χ1v) is 6.07. The monoisotopic (exact) mass is 226 g/mol. The molecule has 1 aliphatic carbocycles. The van der Waals surface area contributed by atoms with Crippen LogP contribution in [0.25, 0.3) is 0 Å². The van der Waals surface area contributed by atoms with Crippen molar-refractivity contribution >= 4 is 5.97 Å². The van der Waals surface area contributed by atoms with Gasteiger partial charge in [0.25, 0.3) is 0 Å². The Morgan fingerprint density at radius 1 is 1.56 bits per heavy atom. The number of hydrogen-bond donors (Lipinski definition) is 0. The summed E-state index contributed by atoms with van der Waals surface area (Å²) in [6, 6.07) is 0. The molecule has 1 unspecified atom stereocenters. The van der Waals surface area contributed by atoms with E-state index in [9.17, 15) is 4.79 Å². The first-order chi connectivity index (χ1) is 7.70. The Balaban J connectivity index is 0. The summed E-state index contributed by atoms with van der Waals surface area (Å²) in [6.07, 6.45) is 9.62. The Hall–Kier alpha value is -1.05. The quantitative estimate of drug-likeness (QED) is 0.523. The normalized spacial score (nSPS) is 17.1. The summed E-state index contributed by atoms with van der Waals surface area (Å²) in [5.74, 6) is 0.289. The van der Waals surface area contributed by atoms with Crippen LogP contribution in [0.15, 0.2) is 24.8 Å². The lowest BCUT2D eigenvalue weighted by Gasteiger charge is -2.15. The second-order valence-electron chi connectivity index (χ2n) is 3.33. The molecular weight excluding hydrogens is 200 g/mol. The maximum Gasteiger partial charge on any atom is 0.302 e. The van der Waals surface area contributed by atoms with E-state index in [1.807, 2.05) is 20.8 Å². The van der Waals surface area contributed by atoms with E-state index in [2.05, 4.69) is 18.7 Å². The number of allylic oxidation sites excluding steroid dienone is 2. The number of esters is 1. The fourth-order valence-corrected chi connectivity index (χ4v) is 1.25. The van der Waals surface area contributed by atoms with Crippen molar-refractivity contribution in [3.05, 3.63) is 24.8 Å². The molecule has 0 aromatic carbocycles. The Morgan fingerprint density at radius 3 is 2.50 bits per heavy atom. The van der Waals surface area contributed by atoms with Gasteiger partial charge in [0.05, 0.1) is 6.61 Å². The molecule has 0 bridgehead atoms. The summed E-state index contributed by atoms with van der Waals surface area (Å²) < 4.78 is 4.89. The zero-order valence-corrected chi connectivity index (χ0v) is 11.2. The number of carbonyl (C=O) groups is 1. The fourth-order valence-electron chi connectivity index (χ4n) is 1.25. The average molecular weight is 226 g/mol. The minimum atomic E-state index is -0.177. The Morgan fingerprint density at radius 2 is 2.12 bits per heavy atom. The van der Waals surface area contributed by atoms with Crippen molar-refractivity contribution in [1.82, 2.24) is 0 Å². The molecule has 0 amide bonds. The number of hydrogen-bond acceptors (Lipinski definition) is 2. The van der Waals surface area contributed by atoms with E-state index in [1.54, 1.807) is 6.08 Å². The molecule has 2 nitrogen and oxygen atoms in total. The first-order valence-electron chi connectivity index (χ1n) is 6.07. The number of rotatable bonds is 2. The highest BCUT2D eigenvalue weighted by atomic mass is 16.5. The molecule has 1 rings (SSSR count). The summed E-state index contributed by atoms with van der Waals surface area (Å²) in [5.41, 5.74) is 0. The third-order valence-corrected chi connectivity index (χ3v) is 1.85. The maximum atomic E-state index is 10.4. The molecular formula is C14H26O2. The van der Waals surface area contributed by atoms with Crippen molar-refractivity contribution in [1.29, 1.82) is 0 Å². The van der Waals surface area contributed by atoms with Gasteiger partial charge in [-0.2, -0.15) is 0 Å². The lowest BCUT2D eigenvalue weighted by atomic mass is 9.97. The molecule has 1 atom stereocenters. The standard InChI is InChI=1S/C9H14O2.C3H6.C2H6/c1-8(10)11-7-9-5-3-2-4-6-9;1-3-2;1-2/h3,5,9H,2,4,6-7H2,1H3;3H,1H2,2H3;1-2H3. The lowest BCUT2D eigenvalue weighted by molar-refractivity contribution is -0.141. The van der Waals surface area contributed by atoms with Gasteiger partial charge in [0.1, 0.15) is 0 Å². The predicted octanol–water partition coefficient (Wildman–Crippen LogP) is 4.12. The van der Waals surface area contributed by atoms with Gasteiger partial charge in [0, 0.05) is 12.8 Å². The van der Waals surface area contributed by atoms with Crippen LogP contribution in [0.3, 0.4) is 0 Å². The molecule has 2 heteroatoms. The highest BCUT2D eigenvalue weighted by molar-refractivity contribution is 5.65. The third kappa shape index (κ3) is 12.9. The van der Waals surface area contributed by atoms with Crippen LogP contribution in [0.2, 0.25) is 0 Å². The summed E-state index contributed by atoms with van der Waals surface area (Å²) in [5, 5.41) is 0. The predicted molar refractivity (Wildman–Crippen MR) is 70.3 cm³/mol. The van der Waals surface area contributed by atoms with Crippen molar-refractivity contribution in [2.75, 3.05) is 6.61 Å². The lowest BCUT2D eigenvalue weighted by Crippen LogP contribution is -2.11. The van der Waals surface area contributed by atoms with Gasteiger partial charge in [-0.05, 0) is 26.2 Å². The van der Waals surface area contributed by atoms with Gasteiger partial charge in [-0.1, -0.05) is 32.1 Å². The van der Waals surface area contributed by atoms with E-state index in [-0.39, 0.29) is 5.97 Å². The van der Waals surface area contributed by atoms with E-state index in [0.29, 0.717) is 12.5 Å². The SMILES string of the molecule is C=CC.CC.CC(=O)OCC1C=CCCC1. The molecule has 94 valence electrons. The summed E-state index contributed by atoms with van der Waals surface area (Å²) in [4.78, 5) is 10.4. The van der Waals surface area contributed by atoms with Crippen LogP contribution >= 0.6 is 0 Å². The summed E-state index contributed by atoms with van der Waals surface area (Å²) in [6.45, 7) is 11.3. The Labute approximate surface area is 100 Å². The minimum Gasteiger partial charge on any atom is -0.465 e. The molecule has 0 heterocycles. The summed E-state index contributed by atoms with van der Waals surface area (Å²) >= 11 is 0. The van der Waals surface area contributed by atoms with Gasteiger partial charge in [0.2, 0.25) is 0 Å². The average Bonchev–Trinajstić information content (AvgIpc) is 2.31. The third-order valence-electron chi connectivity index (χ3n) is 1.85. The molecule has 0 N–H and O–H groups in total. The highest BCUT2D eigenvalue weighted by Crippen LogP contribution is 2.16. The molecule has 0 saturated heterocycles. The fraction of sp³-hybridized carbons (Fsp3) is 0.643. The van der Waals surface area contributed by atoms with Gasteiger partial charge in [-0.3, -0.25) is 4.79 Å². The maximum absolute atomic E-state index is 10.4. The van der Waals surface area contributed by atoms with Crippen molar-refractivity contribution < 1.29 is 9.53 Å². The molecule has 0 saturated carbocycles. The van der Waals surface area contributed by atoms with Gasteiger partial charge in [-0.15, -0.1) is 6.58 Å². The van der Waals surface area contributed by atoms with E-state index >= 15 is 0 Å². The molecule has 16 heavy (non-hydrogen) atoms. The van der Waals surface area contributed by atoms with Crippen LogP contribution in [-0.4, -0.2) is 12.6 Å². The van der Waals surface area contributed by atoms with Crippen molar-refractivity contribution in [3.63, 3.8) is 0 Å². The van der Waals surface area contributed by atoms with Crippen LogP contribution in [0, 0.1) is 5.92 Å². The largest absolute Gasteiger partial charge is 0.465 e. The highest BCUT2D eigenvalue weighted by Gasteiger charge is 2.08. The zero-order chi connectivity index (χ0) is 12.8. The molecule has 0 aromatic rings. The Bertz CT molecular complexity index is 195. The topological polar surface area (TPSA) is 26.3 Å². The van der Waals surface area contributed by atoms with E-state index in [0.717, 1.165) is 6.42 Å². The molecule has 0 fully saturated rings. The first kappa shape index (κ1) is 17.3. The second-order valence-corrected chi connectivity index (χ2v) is 3.33. The van der Waals surface area contributed by atoms with Gasteiger partial charge >= 0.3 is 5.97 Å². The minimum absolute atomic E-state index is 0.177. The summed E-state index contributed by atoms with van der Waals surface area (Å²) in [7, 11) is 0.